The number of rotatable bonds is 3. The molecule has 0 saturated heterocycles. The summed E-state index contributed by atoms with van der Waals surface area (Å²) in [5.41, 5.74) is 4.02. The van der Waals surface area contributed by atoms with Gasteiger partial charge in [0, 0.05) is 24.3 Å². The van der Waals surface area contributed by atoms with Gasteiger partial charge in [-0.15, -0.1) is 0 Å². The second-order valence-corrected chi connectivity index (χ2v) is 6.39. The number of benzene rings is 2. The van der Waals surface area contributed by atoms with Gasteiger partial charge in [0.05, 0.1) is 0 Å². The Hall–Kier alpha value is -2.62. The van der Waals surface area contributed by atoms with E-state index in [1.54, 1.807) is 0 Å². The van der Waals surface area contributed by atoms with Crippen LogP contribution in [0.2, 0.25) is 0 Å². The van der Waals surface area contributed by atoms with Crippen LogP contribution in [0.5, 0.6) is 0 Å². The molecule has 0 aromatic heterocycles. The van der Waals surface area contributed by atoms with Gasteiger partial charge in [-0.1, -0.05) is 35.9 Å². The van der Waals surface area contributed by atoms with Crippen molar-refractivity contribution in [2.75, 3.05) is 16.3 Å². The van der Waals surface area contributed by atoms with Crippen LogP contribution in [-0.4, -0.2) is 24.4 Å². The van der Waals surface area contributed by atoms with Gasteiger partial charge >= 0.3 is 0 Å². The molecular weight excluding hydrogens is 300 g/mol. The third kappa shape index (κ3) is 3.04. The molecule has 2 aromatic carbocycles. The number of para-hydroxylation sites is 1. The zero-order valence-corrected chi connectivity index (χ0v) is 14.3. The van der Waals surface area contributed by atoms with Gasteiger partial charge in [-0.3, -0.25) is 9.59 Å². The molecule has 3 rings (SSSR count). The molecule has 0 N–H and O–H groups in total. The maximum absolute atomic E-state index is 12.9. The Morgan fingerprint density at radius 3 is 2.46 bits per heavy atom. The summed E-state index contributed by atoms with van der Waals surface area (Å²) in [6, 6.07) is 15.7. The van der Waals surface area contributed by atoms with E-state index in [2.05, 4.69) is 6.07 Å². The molecule has 1 aliphatic heterocycles. The van der Waals surface area contributed by atoms with Crippen LogP contribution in [0.3, 0.4) is 0 Å². The average Bonchev–Trinajstić information content (AvgIpc) is 2.89. The number of carbonyl (C=O) groups excluding carboxylic acids is 2. The Morgan fingerprint density at radius 1 is 1.12 bits per heavy atom. The molecule has 2 aromatic rings. The van der Waals surface area contributed by atoms with Gasteiger partial charge in [-0.25, -0.2) is 0 Å². The molecule has 0 spiro atoms. The summed E-state index contributed by atoms with van der Waals surface area (Å²) in [6.45, 7) is 5.59. The summed E-state index contributed by atoms with van der Waals surface area (Å²) in [5.74, 6) is -0.185. The number of nitrogens with zero attached hydrogens (tertiary/aromatic N) is 2. The highest BCUT2D eigenvalue weighted by molar-refractivity contribution is 6.04. The predicted octanol–water partition coefficient (Wildman–Crippen LogP) is 3.33. The molecule has 1 heterocycles. The largest absolute Gasteiger partial charge is 0.307 e. The van der Waals surface area contributed by atoms with E-state index in [0.717, 1.165) is 23.4 Å². The van der Waals surface area contributed by atoms with E-state index in [1.807, 2.05) is 61.2 Å². The first kappa shape index (κ1) is 16.2. The van der Waals surface area contributed by atoms with Crippen molar-refractivity contribution in [3.8, 4) is 0 Å². The van der Waals surface area contributed by atoms with E-state index in [9.17, 15) is 9.59 Å². The lowest BCUT2D eigenvalue weighted by molar-refractivity contribution is -0.121. The second-order valence-electron chi connectivity index (χ2n) is 6.39. The van der Waals surface area contributed by atoms with Crippen LogP contribution in [0.25, 0.3) is 0 Å². The van der Waals surface area contributed by atoms with Crippen LogP contribution < -0.4 is 9.80 Å². The first-order valence-electron chi connectivity index (χ1n) is 8.22. The van der Waals surface area contributed by atoms with E-state index < -0.39 is 0 Å². The fourth-order valence-electron chi connectivity index (χ4n) is 3.27. The Balaban J connectivity index is 1.84. The van der Waals surface area contributed by atoms with E-state index in [-0.39, 0.29) is 24.4 Å². The maximum Gasteiger partial charge on any atom is 0.247 e. The first-order valence-corrected chi connectivity index (χ1v) is 8.22. The van der Waals surface area contributed by atoms with Crippen molar-refractivity contribution in [1.29, 1.82) is 0 Å². The van der Waals surface area contributed by atoms with E-state index >= 15 is 0 Å². The molecule has 24 heavy (non-hydrogen) atoms. The van der Waals surface area contributed by atoms with Crippen molar-refractivity contribution >= 4 is 23.2 Å². The normalized spacial score (nSPS) is 16.0. The fourth-order valence-corrected chi connectivity index (χ4v) is 3.27. The number of hydrogen-bond donors (Lipinski definition) is 0. The van der Waals surface area contributed by atoms with Crippen LogP contribution in [0.15, 0.2) is 48.5 Å². The molecule has 4 heteroatoms. The lowest BCUT2D eigenvalue weighted by Crippen LogP contribution is -2.44. The van der Waals surface area contributed by atoms with E-state index in [0.29, 0.717) is 0 Å². The minimum absolute atomic E-state index is 0.0526. The minimum atomic E-state index is -0.132. The molecule has 124 valence electrons. The van der Waals surface area contributed by atoms with E-state index in [4.69, 9.17) is 0 Å². The Bertz CT molecular complexity index is 767. The smallest absolute Gasteiger partial charge is 0.247 e. The van der Waals surface area contributed by atoms with Crippen LogP contribution >= 0.6 is 0 Å². The topological polar surface area (TPSA) is 40.6 Å². The van der Waals surface area contributed by atoms with Gasteiger partial charge < -0.3 is 9.80 Å². The molecule has 1 aliphatic rings. The summed E-state index contributed by atoms with van der Waals surface area (Å²) >= 11 is 0. The van der Waals surface area contributed by atoms with Crippen LogP contribution in [-0.2, 0) is 16.0 Å². The molecule has 0 aliphatic carbocycles. The minimum Gasteiger partial charge on any atom is -0.307 e. The molecule has 2 amide bonds. The van der Waals surface area contributed by atoms with Crippen molar-refractivity contribution < 1.29 is 9.59 Å². The van der Waals surface area contributed by atoms with Gasteiger partial charge in [-0.2, -0.15) is 0 Å². The zero-order chi connectivity index (χ0) is 17.3. The highest BCUT2D eigenvalue weighted by Crippen LogP contribution is 2.32. The van der Waals surface area contributed by atoms with Crippen molar-refractivity contribution in [3.05, 3.63) is 59.7 Å². The lowest BCUT2D eigenvalue weighted by Gasteiger charge is -2.27. The standard InChI is InChI=1S/C20H22N2O2/c1-14-8-10-18(11-9-14)21(16(3)23)13-20(24)22-15(2)12-17-6-4-5-7-19(17)22/h4-11,15H,12-13H2,1-3H3. The number of anilines is 2. The first-order chi connectivity index (χ1) is 11.5. The summed E-state index contributed by atoms with van der Waals surface area (Å²) in [4.78, 5) is 28.3. The SMILES string of the molecule is CC(=O)N(CC(=O)N1c2ccccc2CC1C)c1ccc(C)cc1. The molecule has 4 nitrogen and oxygen atoms in total. The Kier molecular flexibility index (Phi) is 4.38. The number of hydrogen-bond acceptors (Lipinski definition) is 2. The number of aryl methyl sites for hydroxylation is 1. The van der Waals surface area contributed by atoms with Gasteiger partial charge in [0.2, 0.25) is 11.8 Å². The number of carbonyl (C=O) groups is 2. The molecule has 0 bridgehead atoms. The van der Waals surface area contributed by atoms with Crippen molar-refractivity contribution in [1.82, 2.24) is 0 Å². The van der Waals surface area contributed by atoms with Crippen LogP contribution in [0.4, 0.5) is 11.4 Å². The number of amides is 2. The lowest BCUT2D eigenvalue weighted by atomic mass is 10.1. The summed E-state index contributed by atoms with van der Waals surface area (Å²) in [5, 5.41) is 0. The van der Waals surface area contributed by atoms with Gasteiger partial charge in [0.15, 0.2) is 0 Å². The Morgan fingerprint density at radius 2 is 1.79 bits per heavy atom. The monoisotopic (exact) mass is 322 g/mol. The highest BCUT2D eigenvalue weighted by atomic mass is 16.2. The average molecular weight is 322 g/mol. The van der Waals surface area contributed by atoms with E-state index in [1.165, 1.54) is 17.4 Å². The van der Waals surface area contributed by atoms with Gasteiger partial charge in [0.1, 0.15) is 6.54 Å². The predicted molar refractivity (Wildman–Crippen MR) is 96.3 cm³/mol. The summed E-state index contributed by atoms with van der Waals surface area (Å²) in [7, 11) is 0. The quantitative estimate of drug-likeness (QED) is 0.870. The van der Waals surface area contributed by atoms with Crippen LogP contribution in [0, 0.1) is 6.92 Å². The summed E-state index contributed by atoms with van der Waals surface area (Å²) < 4.78 is 0. The zero-order valence-electron chi connectivity index (χ0n) is 14.3. The second kappa shape index (κ2) is 6.48. The molecule has 0 saturated carbocycles. The third-order valence-electron chi connectivity index (χ3n) is 4.50. The van der Waals surface area contributed by atoms with Crippen molar-refractivity contribution in [3.63, 3.8) is 0 Å². The van der Waals surface area contributed by atoms with Crippen molar-refractivity contribution in [2.45, 2.75) is 33.2 Å². The highest BCUT2D eigenvalue weighted by Gasteiger charge is 2.31. The number of fused-ring (bicyclic) bond motifs is 1. The molecule has 1 atom stereocenters. The fraction of sp³-hybridized carbons (Fsp3) is 0.300. The molecular formula is C20H22N2O2. The maximum atomic E-state index is 12.9. The molecule has 0 radical (unpaired) electrons. The Labute approximate surface area is 142 Å². The van der Waals surface area contributed by atoms with Gasteiger partial charge in [-0.05, 0) is 44.0 Å². The van der Waals surface area contributed by atoms with Crippen LogP contribution in [0.1, 0.15) is 25.0 Å². The molecule has 0 fully saturated rings. The van der Waals surface area contributed by atoms with Gasteiger partial charge in [0.25, 0.3) is 0 Å². The summed E-state index contributed by atoms with van der Waals surface area (Å²) in [6.07, 6.45) is 0.854. The molecule has 1 unspecified atom stereocenters. The van der Waals surface area contributed by atoms with Crippen molar-refractivity contribution in [2.24, 2.45) is 0 Å². The third-order valence-corrected chi connectivity index (χ3v) is 4.50.